The zero-order valence-electron chi connectivity index (χ0n) is 11.4. The fourth-order valence-electron chi connectivity index (χ4n) is 0.982. The highest BCUT2D eigenvalue weighted by atomic mass is 31.2. The van der Waals surface area contributed by atoms with Crippen molar-refractivity contribution in [2.75, 3.05) is 19.9 Å². The Morgan fingerprint density at radius 2 is 1.75 bits per heavy atom. The van der Waals surface area contributed by atoms with E-state index < -0.39 is 39.2 Å². The number of phosphoric acid groups is 1. The van der Waals surface area contributed by atoms with Gasteiger partial charge in [-0.1, -0.05) is 13.8 Å². The van der Waals surface area contributed by atoms with E-state index in [0.29, 0.717) is 0 Å². The lowest BCUT2D eigenvalue weighted by atomic mass is 10.4. The van der Waals surface area contributed by atoms with Crippen molar-refractivity contribution in [2.24, 2.45) is 5.73 Å². The first-order valence-electron chi connectivity index (χ1n) is 6.01. The molecule has 0 aromatic rings. The summed E-state index contributed by atoms with van der Waals surface area (Å²) in [4.78, 5) is 31.4. The van der Waals surface area contributed by atoms with Gasteiger partial charge in [-0.15, -0.1) is 0 Å². The summed E-state index contributed by atoms with van der Waals surface area (Å²) in [5.74, 6) is -1.05. The molecule has 0 aliphatic carbocycles. The van der Waals surface area contributed by atoms with Crippen molar-refractivity contribution in [3.8, 4) is 0 Å². The first-order chi connectivity index (χ1) is 9.34. The van der Waals surface area contributed by atoms with Crippen molar-refractivity contribution in [3.05, 3.63) is 0 Å². The van der Waals surface area contributed by atoms with Crippen LogP contribution in [0.2, 0.25) is 0 Å². The Labute approximate surface area is 116 Å². The summed E-state index contributed by atoms with van der Waals surface area (Å²) in [7, 11) is -4.31. The number of phosphoric ester groups is 1. The zero-order valence-corrected chi connectivity index (χ0v) is 12.3. The smallest absolute Gasteiger partial charge is 0.462 e. The third kappa shape index (κ3) is 9.00. The Kier molecular flexibility index (Phi) is 9.35. The second kappa shape index (κ2) is 9.84. The molecule has 0 radical (unpaired) electrons. The molecule has 2 unspecified atom stereocenters. The van der Waals surface area contributed by atoms with Gasteiger partial charge in [-0.3, -0.25) is 18.6 Å². The fourth-order valence-corrected chi connectivity index (χ4v) is 1.60. The molecule has 2 atom stereocenters. The topological polar surface area (TPSA) is 134 Å². The molecule has 0 heterocycles. The van der Waals surface area contributed by atoms with Gasteiger partial charge < -0.3 is 20.1 Å². The van der Waals surface area contributed by atoms with E-state index >= 15 is 0 Å². The molecular formula is C10H20NO8P. The number of rotatable bonds is 10. The standard InChI is InChI=1S/C10H20NO8P/c1-3-9(12)16-5-8(19-10(13)4-2)6-17-20(14,15)18-7-11/h8H,3-7,11H2,1-2H3,(H,14,15). The summed E-state index contributed by atoms with van der Waals surface area (Å²) in [6.07, 6.45) is -0.738. The summed E-state index contributed by atoms with van der Waals surface area (Å²) in [5.41, 5.74) is 4.95. The average molecular weight is 313 g/mol. The number of esters is 2. The highest BCUT2D eigenvalue weighted by molar-refractivity contribution is 7.47. The molecule has 0 fully saturated rings. The van der Waals surface area contributed by atoms with Crippen LogP contribution in [0.3, 0.4) is 0 Å². The van der Waals surface area contributed by atoms with Crippen LogP contribution in [0.15, 0.2) is 0 Å². The van der Waals surface area contributed by atoms with Gasteiger partial charge in [-0.2, -0.15) is 0 Å². The number of carbonyl (C=O) groups excluding carboxylic acids is 2. The first kappa shape index (κ1) is 19.0. The van der Waals surface area contributed by atoms with Gasteiger partial charge in [-0.05, 0) is 0 Å². The Balaban J connectivity index is 4.40. The molecule has 10 heteroatoms. The van der Waals surface area contributed by atoms with Gasteiger partial charge in [0.2, 0.25) is 0 Å². The van der Waals surface area contributed by atoms with Crippen LogP contribution in [-0.4, -0.2) is 42.9 Å². The van der Waals surface area contributed by atoms with Crippen LogP contribution in [-0.2, 0) is 32.7 Å². The minimum absolute atomic E-state index is 0.105. The monoisotopic (exact) mass is 313 g/mol. The Morgan fingerprint density at radius 1 is 1.15 bits per heavy atom. The molecule has 20 heavy (non-hydrogen) atoms. The minimum Gasteiger partial charge on any atom is -0.462 e. The molecule has 0 aliphatic rings. The highest BCUT2D eigenvalue weighted by Gasteiger charge is 2.25. The number of ether oxygens (including phenoxy) is 2. The van der Waals surface area contributed by atoms with Gasteiger partial charge in [0.15, 0.2) is 6.10 Å². The van der Waals surface area contributed by atoms with Crippen molar-refractivity contribution in [3.63, 3.8) is 0 Å². The molecule has 0 aromatic heterocycles. The van der Waals surface area contributed by atoms with Crippen LogP contribution in [0, 0.1) is 0 Å². The third-order valence-electron chi connectivity index (χ3n) is 1.97. The molecule has 9 nitrogen and oxygen atoms in total. The van der Waals surface area contributed by atoms with E-state index in [0.717, 1.165) is 0 Å². The molecule has 0 spiro atoms. The first-order valence-corrected chi connectivity index (χ1v) is 7.51. The summed E-state index contributed by atoms with van der Waals surface area (Å²) >= 11 is 0. The maximum Gasteiger partial charge on any atom is 0.473 e. The fraction of sp³-hybridized carbons (Fsp3) is 0.800. The normalized spacial score (nSPS) is 15.2. The molecule has 118 valence electrons. The van der Waals surface area contributed by atoms with E-state index in [9.17, 15) is 14.2 Å². The number of nitrogens with two attached hydrogens (primary N) is 1. The molecular weight excluding hydrogens is 293 g/mol. The summed E-state index contributed by atoms with van der Waals surface area (Å²) in [6, 6.07) is 0. The van der Waals surface area contributed by atoms with Gasteiger partial charge in [0, 0.05) is 12.8 Å². The van der Waals surface area contributed by atoms with Gasteiger partial charge in [0.1, 0.15) is 13.3 Å². The summed E-state index contributed by atoms with van der Waals surface area (Å²) < 4.78 is 29.8. The predicted molar refractivity (Wildman–Crippen MR) is 67.3 cm³/mol. The van der Waals surface area contributed by atoms with E-state index in [1.54, 1.807) is 13.8 Å². The Morgan fingerprint density at radius 3 is 2.25 bits per heavy atom. The average Bonchev–Trinajstić information content (AvgIpc) is 2.41. The van der Waals surface area contributed by atoms with E-state index in [4.69, 9.17) is 20.1 Å². The van der Waals surface area contributed by atoms with Crippen LogP contribution in [0.25, 0.3) is 0 Å². The van der Waals surface area contributed by atoms with Crippen molar-refractivity contribution < 1.29 is 37.6 Å². The number of hydrogen-bond acceptors (Lipinski definition) is 8. The van der Waals surface area contributed by atoms with Crippen molar-refractivity contribution in [1.29, 1.82) is 0 Å². The molecule has 0 bridgehead atoms. The van der Waals surface area contributed by atoms with Gasteiger partial charge in [0.25, 0.3) is 0 Å². The van der Waals surface area contributed by atoms with E-state index in [2.05, 4.69) is 9.05 Å². The Hall–Kier alpha value is -0.990. The molecule has 0 rings (SSSR count). The van der Waals surface area contributed by atoms with Crippen LogP contribution < -0.4 is 5.73 Å². The lowest BCUT2D eigenvalue weighted by Crippen LogP contribution is -2.29. The maximum absolute atomic E-state index is 11.3. The number of hydrogen-bond donors (Lipinski definition) is 2. The second-order valence-electron chi connectivity index (χ2n) is 3.56. The lowest BCUT2D eigenvalue weighted by molar-refractivity contribution is -0.160. The molecule has 0 aliphatic heterocycles. The molecule has 0 saturated carbocycles. The van der Waals surface area contributed by atoms with E-state index in [1.807, 2.05) is 0 Å². The predicted octanol–water partition coefficient (Wildman–Crippen LogP) is 0.311. The van der Waals surface area contributed by atoms with Crippen LogP contribution in [0.1, 0.15) is 26.7 Å². The van der Waals surface area contributed by atoms with Crippen molar-refractivity contribution in [2.45, 2.75) is 32.8 Å². The largest absolute Gasteiger partial charge is 0.473 e. The third-order valence-corrected chi connectivity index (χ3v) is 2.92. The zero-order chi connectivity index (χ0) is 15.6. The minimum atomic E-state index is -4.31. The number of carbonyl (C=O) groups is 2. The van der Waals surface area contributed by atoms with Gasteiger partial charge >= 0.3 is 19.8 Å². The van der Waals surface area contributed by atoms with Crippen LogP contribution in [0.4, 0.5) is 0 Å². The van der Waals surface area contributed by atoms with Crippen molar-refractivity contribution >= 4 is 19.8 Å². The maximum atomic E-state index is 11.3. The summed E-state index contributed by atoms with van der Waals surface area (Å²) in [6.45, 7) is 1.94. The summed E-state index contributed by atoms with van der Waals surface area (Å²) in [5, 5.41) is 0. The van der Waals surface area contributed by atoms with Gasteiger partial charge in [-0.25, -0.2) is 4.57 Å². The molecule has 0 aromatic carbocycles. The van der Waals surface area contributed by atoms with Crippen LogP contribution in [0.5, 0.6) is 0 Å². The SMILES string of the molecule is CCC(=O)OCC(COP(=O)(O)OCN)OC(=O)CC. The van der Waals surface area contributed by atoms with E-state index in [1.165, 1.54) is 0 Å². The molecule has 3 N–H and O–H groups in total. The van der Waals surface area contributed by atoms with E-state index in [-0.39, 0.29) is 19.4 Å². The van der Waals surface area contributed by atoms with Gasteiger partial charge in [0.05, 0.1) is 6.61 Å². The highest BCUT2D eigenvalue weighted by Crippen LogP contribution is 2.42. The Bertz CT molecular complexity index is 361. The lowest BCUT2D eigenvalue weighted by Gasteiger charge is -2.19. The molecule has 0 saturated heterocycles. The van der Waals surface area contributed by atoms with Crippen molar-refractivity contribution in [1.82, 2.24) is 0 Å². The quantitative estimate of drug-likeness (QED) is 0.332. The van der Waals surface area contributed by atoms with Crippen LogP contribution >= 0.6 is 7.82 Å². The molecule has 0 amide bonds. The second-order valence-corrected chi connectivity index (χ2v) is 5.02.